The van der Waals surface area contributed by atoms with Crippen molar-refractivity contribution in [1.29, 1.82) is 0 Å². The minimum absolute atomic E-state index is 0.0826. The summed E-state index contributed by atoms with van der Waals surface area (Å²) in [6, 6.07) is 0. The molecule has 0 radical (unpaired) electrons. The molecule has 1 aliphatic carbocycles. The zero-order chi connectivity index (χ0) is 23.9. The van der Waals surface area contributed by atoms with Crippen LogP contribution in [0.4, 0.5) is 0 Å². The number of hydrogen-bond donors (Lipinski definition) is 0. The number of carbonyl (C=O) groups excluding carboxylic acids is 2. The summed E-state index contributed by atoms with van der Waals surface area (Å²) >= 11 is 1.77. The van der Waals surface area contributed by atoms with E-state index < -0.39 is 0 Å². The molecule has 32 heavy (non-hydrogen) atoms. The molecule has 0 N–H and O–H groups in total. The Morgan fingerprint density at radius 3 is 2.38 bits per heavy atom. The van der Waals surface area contributed by atoms with Gasteiger partial charge in [-0.3, -0.25) is 9.59 Å². The molecule has 0 amide bonds. The molecule has 4 nitrogen and oxygen atoms in total. The molecular weight excluding hydrogens is 418 g/mol. The van der Waals surface area contributed by atoms with Gasteiger partial charge in [-0.15, -0.1) is 0 Å². The predicted octanol–water partition coefficient (Wildman–Crippen LogP) is 6.06. The highest BCUT2D eigenvalue weighted by Crippen LogP contribution is 2.36. The lowest BCUT2D eigenvalue weighted by atomic mass is 9.79. The third-order valence-corrected chi connectivity index (χ3v) is 8.04. The second-order valence-corrected chi connectivity index (χ2v) is 11.8. The highest BCUT2D eigenvalue weighted by atomic mass is 32.2. The fourth-order valence-corrected chi connectivity index (χ4v) is 6.45. The largest absolute Gasteiger partial charge is 0.458 e. The Morgan fingerprint density at radius 1 is 1.12 bits per heavy atom. The van der Waals surface area contributed by atoms with E-state index in [1.54, 1.807) is 18.7 Å². The lowest BCUT2D eigenvalue weighted by Gasteiger charge is -2.39. The van der Waals surface area contributed by atoms with Crippen LogP contribution in [-0.2, 0) is 14.3 Å². The molecule has 0 saturated carbocycles. The maximum Gasteiger partial charge on any atom is 0.303 e. The summed E-state index contributed by atoms with van der Waals surface area (Å²) in [4.78, 5) is 27.8. The standard InChI is InChI=1S/C27H45NO3S/c1-19-11-10-12-20(2)16-25(32-7)26(24(15-19)31-22(4)30)23(21(3)29)17-28-14-9-8-13-27(5,6)18-28/h15-16,23-26H,8-14,17-18H2,1-7H3/b19-15+,20-16+/t23?,24?,25-,26?/m1/s1. The van der Waals surface area contributed by atoms with Gasteiger partial charge in [0.1, 0.15) is 11.9 Å². The number of allylic oxidation sites excluding steroid dienone is 2. The van der Waals surface area contributed by atoms with E-state index in [4.69, 9.17) is 4.74 Å². The van der Waals surface area contributed by atoms with Crippen molar-refractivity contribution >= 4 is 23.5 Å². The third-order valence-electron chi connectivity index (χ3n) is 7.04. The first kappa shape index (κ1) is 27.2. The van der Waals surface area contributed by atoms with E-state index in [1.807, 2.05) is 0 Å². The Bertz CT molecular complexity index is 712. The van der Waals surface area contributed by atoms with Crippen LogP contribution in [0, 0.1) is 17.3 Å². The zero-order valence-electron chi connectivity index (χ0n) is 21.4. The SMILES string of the molecule is CS[C@@H]1/C=C(\C)CCC/C(C)=C/C(OC(C)=O)C1C(CN1CCCCC(C)(C)C1)C(C)=O. The molecule has 1 saturated heterocycles. The zero-order valence-corrected chi connectivity index (χ0v) is 22.2. The Labute approximate surface area is 200 Å². The molecule has 3 unspecified atom stereocenters. The highest BCUT2D eigenvalue weighted by Gasteiger charge is 2.40. The molecule has 5 heteroatoms. The maximum absolute atomic E-state index is 13.2. The fraction of sp³-hybridized carbons (Fsp3) is 0.778. The smallest absolute Gasteiger partial charge is 0.303 e. The number of carbonyl (C=O) groups is 2. The average Bonchev–Trinajstić information content (AvgIpc) is 2.85. The van der Waals surface area contributed by atoms with Gasteiger partial charge in [-0.05, 0) is 77.2 Å². The number of rotatable bonds is 6. The molecule has 2 rings (SSSR count). The van der Waals surface area contributed by atoms with Gasteiger partial charge in [0.25, 0.3) is 0 Å². The van der Waals surface area contributed by atoms with Crippen LogP contribution in [0.5, 0.6) is 0 Å². The molecular formula is C27H45NO3S. The van der Waals surface area contributed by atoms with Gasteiger partial charge in [-0.25, -0.2) is 0 Å². The second kappa shape index (κ2) is 12.4. The normalized spacial score (nSPS) is 31.9. The van der Waals surface area contributed by atoms with Crippen LogP contribution in [0.1, 0.15) is 80.1 Å². The first-order valence-corrected chi connectivity index (χ1v) is 13.6. The van der Waals surface area contributed by atoms with Crippen LogP contribution in [-0.4, -0.2) is 53.9 Å². The Balaban J connectivity index is 2.49. The number of thioether (sulfide) groups is 1. The van der Waals surface area contributed by atoms with Crippen molar-refractivity contribution in [3.8, 4) is 0 Å². The van der Waals surface area contributed by atoms with Gasteiger partial charge >= 0.3 is 5.97 Å². The van der Waals surface area contributed by atoms with Crippen LogP contribution >= 0.6 is 11.8 Å². The predicted molar refractivity (Wildman–Crippen MR) is 136 cm³/mol. The van der Waals surface area contributed by atoms with Crippen molar-refractivity contribution in [1.82, 2.24) is 4.90 Å². The van der Waals surface area contributed by atoms with Crippen LogP contribution in [0.3, 0.4) is 0 Å². The molecule has 0 aromatic rings. The Kier molecular flexibility index (Phi) is 10.5. The summed E-state index contributed by atoms with van der Waals surface area (Å²) in [5.74, 6) is -0.346. The average molecular weight is 464 g/mol. The minimum atomic E-state index is -0.388. The van der Waals surface area contributed by atoms with E-state index in [9.17, 15) is 9.59 Å². The molecule has 182 valence electrons. The van der Waals surface area contributed by atoms with Crippen molar-refractivity contribution in [3.63, 3.8) is 0 Å². The lowest BCUT2D eigenvalue weighted by Crippen LogP contribution is -2.46. The van der Waals surface area contributed by atoms with Gasteiger partial charge in [-0.1, -0.05) is 37.5 Å². The number of esters is 1. The summed E-state index contributed by atoms with van der Waals surface area (Å²) in [5.41, 5.74) is 2.87. The van der Waals surface area contributed by atoms with Gasteiger partial charge in [-0.2, -0.15) is 11.8 Å². The number of likely N-dealkylation sites (tertiary alicyclic amines) is 1. The van der Waals surface area contributed by atoms with Crippen molar-refractivity contribution < 1.29 is 14.3 Å². The molecule has 0 bridgehead atoms. The Hall–Kier alpha value is -1.07. The number of hydrogen-bond acceptors (Lipinski definition) is 5. The van der Waals surface area contributed by atoms with Crippen molar-refractivity contribution in [2.75, 3.05) is 25.9 Å². The van der Waals surface area contributed by atoms with Crippen molar-refractivity contribution in [2.24, 2.45) is 17.3 Å². The summed E-state index contributed by atoms with van der Waals surface area (Å²) in [6.07, 6.45) is 13.0. The van der Waals surface area contributed by atoms with Crippen molar-refractivity contribution in [2.45, 2.75) is 91.4 Å². The molecule has 1 heterocycles. The molecule has 0 aromatic carbocycles. The van der Waals surface area contributed by atoms with E-state index >= 15 is 0 Å². The van der Waals surface area contributed by atoms with Gasteiger partial charge in [0.05, 0.1) is 0 Å². The Morgan fingerprint density at radius 2 is 1.78 bits per heavy atom. The number of nitrogens with zero attached hydrogens (tertiary/aromatic N) is 1. The quantitative estimate of drug-likeness (QED) is 0.354. The monoisotopic (exact) mass is 463 g/mol. The van der Waals surface area contributed by atoms with Crippen LogP contribution in [0.15, 0.2) is 23.3 Å². The first-order valence-electron chi connectivity index (χ1n) is 12.3. The van der Waals surface area contributed by atoms with Crippen LogP contribution < -0.4 is 0 Å². The van der Waals surface area contributed by atoms with E-state index in [1.165, 1.54) is 37.3 Å². The van der Waals surface area contributed by atoms with Gasteiger partial charge < -0.3 is 9.64 Å². The first-order chi connectivity index (χ1) is 15.0. The lowest BCUT2D eigenvalue weighted by molar-refractivity contribution is -0.148. The highest BCUT2D eigenvalue weighted by molar-refractivity contribution is 7.99. The number of ether oxygens (including phenoxy) is 1. The summed E-state index contributed by atoms with van der Waals surface area (Å²) in [7, 11) is 0. The summed E-state index contributed by atoms with van der Waals surface area (Å²) in [6.45, 7) is 15.0. The van der Waals surface area contributed by atoms with Gasteiger partial charge in [0.2, 0.25) is 0 Å². The molecule has 0 aromatic heterocycles. The second-order valence-electron chi connectivity index (χ2n) is 10.8. The number of Topliss-reactive ketones (excluding diaryl/α,β-unsaturated/α-hetero) is 1. The number of ketones is 1. The third kappa shape index (κ3) is 8.37. The summed E-state index contributed by atoms with van der Waals surface area (Å²) in [5, 5.41) is 0.121. The fourth-order valence-electron chi connectivity index (χ4n) is 5.43. The van der Waals surface area contributed by atoms with E-state index in [-0.39, 0.29) is 40.4 Å². The topological polar surface area (TPSA) is 46.6 Å². The van der Waals surface area contributed by atoms with E-state index in [0.717, 1.165) is 38.9 Å². The summed E-state index contributed by atoms with van der Waals surface area (Å²) < 4.78 is 5.93. The molecule has 4 atom stereocenters. The van der Waals surface area contributed by atoms with E-state index in [2.05, 4.69) is 51.0 Å². The van der Waals surface area contributed by atoms with Gasteiger partial charge in [0, 0.05) is 37.1 Å². The molecule has 2 aliphatic rings. The molecule has 1 fully saturated rings. The van der Waals surface area contributed by atoms with Crippen LogP contribution in [0.25, 0.3) is 0 Å². The van der Waals surface area contributed by atoms with Gasteiger partial charge in [0.15, 0.2) is 0 Å². The minimum Gasteiger partial charge on any atom is -0.458 e. The van der Waals surface area contributed by atoms with E-state index in [0.29, 0.717) is 0 Å². The van der Waals surface area contributed by atoms with Crippen LogP contribution in [0.2, 0.25) is 0 Å². The maximum atomic E-state index is 13.2. The molecule has 0 spiro atoms. The molecule has 1 aliphatic heterocycles. The van der Waals surface area contributed by atoms with Crippen molar-refractivity contribution in [3.05, 3.63) is 23.3 Å².